The van der Waals surface area contributed by atoms with E-state index in [0.29, 0.717) is 26.0 Å². The van der Waals surface area contributed by atoms with Gasteiger partial charge in [-0.15, -0.1) is 0 Å². The molecule has 0 saturated carbocycles. The molecule has 134 valence electrons. The Morgan fingerprint density at radius 1 is 1.08 bits per heavy atom. The molecule has 0 unspecified atom stereocenters. The lowest BCUT2D eigenvalue weighted by Crippen LogP contribution is -2.23. The maximum atomic E-state index is 11.9. The van der Waals surface area contributed by atoms with Gasteiger partial charge in [0, 0.05) is 13.0 Å². The highest BCUT2D eigenvalue weighted by Crippen LogP contribution is 2.19. The van der Waals surface area contributed by atoms with Crippen LogP contribution < -0.4 is 10.1 Å². The van der Waals surface area contributed by atoms with Gasteiger partial charge < -0.3 is 15.2 Å². The molecule has 25 heavy (non-hydrogen) atoms. The molecule has 0 aromatic heterocycles. The first kappa shape index (κ1) is 19.0. The number of hydrogen-bond donors (Lipinski definition) is 2. The van der Waals surface area contributed by atoms with Crippen molar-refractivity contribution >= 4 is 5.91 Å². The number of aryl methyl sites for hydroxylation is 1. The van der Waals surface area contributed by atoms with Crippen molar-refractivity contribution in [3.05, 3.63) is 65.2 Å². The Morgan fingerprint density at radius 2 is 1.72 bits per heavy atom. The van der Waals surface area contributed by atoms with Crippen LogP contribution in [-0.4, -0.2) is 17.6 Å². The second kappa shape index (κ2) is 8.67. The van der Waals surface area contributed by atoms with E-state index in [1.165, 1.54) is 5.56 Å². The van der Waals surface area contributed by atoms with Crippen LogP contribution in [0.5, 0.6) is 5.75 Å². The van der Waals surface area contributed by atoms with Crippen LogP contribution in [0.1, 0.15) is 43.4 Å². The van der Waals surface area contributed by atoms with Gasteiger partial charge in [-0.2, -0.15) is 0 Å². The van der Waals surface area contributed by atoms with Gasteiger partial charge in [-0.1, -0.05) is 42.0 Å². The number of carbonyl (C=O) groups excluding carboxylic acids is 1. The van der Waals surface area contributed by atoms with E-state index in [2.05, 4.69) is 5.32 Å². The maximum absolute atomic E-state index is 11.9. The molecule has 0 aliphatic rings. The fourth-order valence-electron chi connectivity index (χ4n) is 2.38. The molecule has 0 aliphatic heterocycles. The van der Waals surface area contributed by atoms with Gasteiger partial charge in [-0.25, -0.2) is 0 Å². The molecule has 2 N–H and O–H groups in total. The molecule has 0 heterocycles. The standard InChI is InChI=1S/C21H27NO3/c1-16-6-12-19(13-7-16)25-14-4-5-20(23)22-15-17-8-10-18(11-9-17)21(2,3)24/h6-13,24H,4-5,14-15H2,1-3H3,(H,22,23). The van der Waals surface area contributed by atoms with Gasteiger partial charge >= 0.3 is 0 Å². The maximum Gasteiger partial charge on any atom is 0.220 e. The van der Waals surface area contributed by atoms with Crippen molar-refractivity contribution in [3.8, 4) is 5.75 Å². The second-order valence-corrected chi connectivity index (χ2v) is 6.80. The molecule has 0 bridgehead atoms. The minimum atomic E-state index is -0.848. The topological polar surface area (TPSA) is 58.6 Å². The zero-order chi connectivity index (χ0) is 18.3. The molecular weight excluding hydrogens is 314 g/mol. The van der Waals surface area contributed by atoms with Crippen molar-refractivity contribution in [2.24, 2.45) is 0 Å². The van der Waals surface area contributed by atoms with Crippen LogP contribution in [0.25, 0.3) is 0 Å². The van der Waals surface area contributed by atoms with Gasteiger partial charge in [0.1, 0.15) is 5.75 Å². The minimum Gasteiger partial charge on any atom is -0.494 e. The monoisotopic (exact) mass is 341 g/mol. The highest BCUT2D eigenvalue weighted by atomic mass is 16.5. The van der Waals surface area contributed by atoms with Crippen LogP contribution >= 0.6 is 0 Å². The third-order valence-corrected chi connectivity index (χ3v) is 3.99. The smallest absolute Gasteiger partial charge is 0.220 e. The molecule has 2 rings (SSSR count). The summed E-state index contributed by atoms with van der Waals surface area (Å²) in [6.07, 6.45) is 1.12. The van der Waals surface area contributed by atoms with Gasteiger partial charge in [0.25, 0.3) is 0 Å². The average molecular weight is 341 g/mol. The summed E-state index contributed by atoms with van der Waals surface area (Å²) in [5, 5.41) is 12.8. The number of hydrogen-bond acceptors (Lipinski definition) is 3. The van der Waals surface area contributed by atoms with E-state index < -0.39 is 5.60 Å². The highest BCUT2D eigenvalue weighted by Gasteiger charge is 2.15. The molecule has 1 amide bonds. The van der Waals surface area contributed by atoms with Crippen LogP contribution in [0.3, 0.4) is 0 Å². The van der Waals surface area contributed by atoms with Crippen molar-refractivity contribution in [2.75, 3.05) is 6.61 Å². The Kier molecular flexibility index (Phi) is 6.59. The van der Waals surface area contributed by atoms with E-state index >= 15 is 0 Å². The van der Waals surface area contributed by atoms with Crippen molar-refractivity contribution < 1.29 is 14.6 Å². The molecular formula is C21H27NO3. The second-order valence-electron chi connectivity index (χ2n) is 6.80. The van der Waals surface area contributed by atoms with Crippen LogP contribution in [0.4, 0.5) is 0 Å². The SMILES string of the molecule is Cc1ccc(OCCCC(=O)NCc2ccc(C(C)(C)O)cc2)cc1. The third kappa shape index (κ3) is 6.59. The zero-order valence-electron chi connectivity index (χ0n) is 15.2. The largest absolute Gasteiger partial charge is 0.494 e. The summed E-state index contributed by atoms with van der Waals surface area (Å²) in [5.74, 6) is 0.844. The predicted octanol–water partition coefficient (Wildman–Crippen LogP) is 3.70. The van der Waals surface area contributed by atoms with Crippen molar-refractivity contribution in [1.29, 1.82) is 0 Å². The van der Waals surface area contributed by atoms with E-state index in [4.69, 9.17) is 4.74 Å². The van der Waals surface area contributed by atoms with E-state index in [-0.39, 0.29) is 5.91 Å². The van der Waals surface area contributed by atoms with Gasteiger partial charge in [0.2, 0.25) is 5.91 Å². The summed E-state index contributed by atoms with van der Waals surface area (Å²) in [4.78, 5) is 11.9. The first-order valence-corrected chi connectivity index (χ1v) is 8.62. The predicted molar refractivity (Wildman–Crippen MR) is 99.4 cm³/mol. The zero-order valence-corrected chi connectivity index (χ0v) is 15.2. The number of nitrogens with one attached hydrogen (secondary N) is 1. The minimum absolute atomic E-state index is 0.0130. The first-order chi connectivity index (χ1) is 11.8. The lowest BCUT2D eigenvalue weighted by molar-refractivity contribution is -0.121. The Hall–Kier alpha value is -2.33. The average Bonchev–Trinajstić information content (AvgIpc) is 2.58. The fourth-order valence-corrected chi connectivity index (χ4v) is 2.38. The van der Waals surface area contributed by atoms with Gasteiger partial charge in [-0.3, -0.25) is 4.79 Å². The summed E-state index contributed by atoms with van der Waals surface area (Å²) in [6, 6.07) is 15.5. The van der Waals surface area contributed by atoms with E-state index in [9.17, 15) is 9.90 Å². The Morgan fingerprint density at radius 3 is 2.32 bits per heavy atom. The molecule has 2 aromatic rings. The van der Waals surface area contributed by atoms with E-state index in [1.807, 2.05) is 55.5 Å². The summed E-state index contributed by atoms with van der Waals surface area (Å²) in [5.41, 5.74) is 2.22. The molecule has 2 aromatic carbocycles. The van der Waals surface area contributed by atoms with E-state index in [0.717, 1.165) is 16.9 Å². The normalized spacial score (nSPS) is 11.2. The molecule has 4 nitrogen and oxygen atoms in total. The van der Waals surface area contributed by atoms with Gasteiger partial charge in [0.05, 0.1) is 12.2 Å². The Balaban J connectivity index is 1.66. The molecule has 4 heteroatoms. The lowest BCUT2D eigenvalue weighted by Gasteiger charge is -2.18. The summed E-state index contributed by atoms with van der Waals surface area (Å²) in [6.45, 7) is 6.55. The van der Waals surface area contributed by atoms with Crippen molar-refractivity contribution in [2.45, 2.75) is 45.8 Å². The van der Waals surface area contributed by atoms with Gasteiger partial charge in [0.15, 0.2) is 0 Å². The van der Waals surface area contributed by atoms with Crippen LogP contribution in [0.2, 0.25) is 0 Å². The third-order valence-electron chi connectivity index (χ3n) is 3.99. The number of benzene rings is 2. The number of ether oxygens (including phenoxy) is 1. The summed E-state index contributed by atoms with van der Waals surface area (Å²) >= 11 is 0. The molecule has 0 aliphatic carbocycles. The Bertz CT molecular complexity index is 670. The fraction of sp³-hybridized carbons (Fsp3) is 0.381. The molecule has 0 saturated heterocycles. The number of aliphatic hydroxyl groups is 1. The van der Waals surface area contributed by atoms with E-state index in [1.54, 1.807) is 13.8 Å². The molecule has 0 radical (unpaired) electrons. The quantitative estimate of drug-likeness (QED) is 0.720. The van der Waals surface area contributed by atoms with Crippen LogP contribution in [0, 0.1) is 6.92 Å². The Labute approximate surface area is 149 Å². The number of rotatable bonds is 8. The number of amides is 1. The lowest BCUT2D eigenvalue weighted by atomic mass is 9.97. The molecule has 0 atom stereocenters. The van der Waals surface area contributed by atoms with Crippen LogP contribution in [0.15, 0.2) is 48.5 Å². The highest BCUT2D eigenvalue weighted by molar-refractivity contribution is 5.75. The summed E-state index contributed by atoms with van der Waals surface area (Å²) in [7, 11) is 0. The van der Waals surface area contributed by atoms with Crippen molar-refractivity contribution in [3.63, 3.8) is 0 Å². The summed E-state index contributed by atoms with van der Waals surface area (Å²) < 4.78 is 5.62. The number of carbonyl (C=O) groups is 1. The molecule has 0 spiro atoms. The van der Waals surface area contributed by atoms with Crippen LogP contribution in [-0.2, 0) is 16.9 Å². The van der Waals surface area contributed by atoms with Crippen molar-refractivity contribution in [1.82, 2.24) is 5.32 Å². The first-order valence-electron chi connectivity index (χ1n) is 8.62. The van der Waals surface area contributed by atoms with Gasteiger partial charge in [-0.05, 0) is 50.5 Å². The molecule has 0 fully saturated rings.